The Morgan fingerprint density at radius 2 is 1.06 bits per heavy atom. The topological polar surface area (TPSA) is 94.1 Å². The van der Waals surface area contributed by atoms with Crippen LogP contribution in [-0.2, 0) is 37.9 Å². The molecule has 1 N–H and O–H groups in total. The molecular weight excluding hydrogens is 408 g/mol. The van der Waals surface area contributed by atoms with E-state index in [2.05, 4.69) is 0 Å². The first kappa shape index (κ1) is 25.3. The van der Waals surface area contributed by atoms with E-state index in [1.807, 2.05) is 27.7 Å². The molecule has 9 nitrogen and oxygen atoms in total. The Hall–Kier alpha value is -0.360. The molecule has 0 bridgehead atoms. The summed E-state index contributed by atoms with van der Waals surface area (Å²) in [6.45, 7) is 7.80. The molecule has 0 radical (unpaired) electrons. The number of hydrogen-bond donors (Lipinski definition) is 1. The van der Waals surface area contributed by atoms with Crippen molar-refractivity contribution in [1.29, 1.82) is 0 Å². The summed E-state index contributed by atoms with van der Waals surface area (Å²) in [5.74, 6) is 0. The summed E-state index contributed by atoms with van der Waals surface area (Å²) in [4.78, 5) is 0. The molecule has 0 spiro atoms. The highest BCUT2D eigenvalue weighted by Gasteiger charge is 2.45. The molecule has 9 heteroatoms. The van der Waals surface area contributed by atoms with Gasteiger partial charge < -0.3 is 43.0 Å². The third-order valence-electron chi connectivity index (χ3n) is 6.64. The van der Waals surface area contributed by atoms with Gasteiger partial charge in [-0.1, -0.05) is 0 Å². The molecule has 12 atom stereocenters. The summed E-state index contributed by atoms with van der Waals surface area (Å²) in [5.41, 5.74) is 0. The van der Waals surface area contributed by atoms with Crippen LogP contribution in [-0.4, -0.2) is 100 Å². The van der Waals surface area contributed by atoms with Gasteiger partial charge in [0.2, 0.25) is 0 Å². The molecule has 3 saturated heterocycles. The van der Waals surface area contributed by atoms with E-state index in [0.29, 0.717) is 12.8 Å². The van der Waals surface area contributed by atoms with Crippen molar-refractivity contribution in [3.63, 3.8) is 0 Å². The Morgan fingerprint density at radius 1 is 0.613 bits per heavy atom. The summed E-state index contributed by atoms with van der Waals surface area (Å²) in [7, 11) is 4.95. The van der Waals surface area contributed by atoms with Crippen LogP contribution in [0.1, 0.15) is 47.0 Å². The van der Waals surface area contributed by atoms with Crippen LogP contribution in [0.25, 0.3) is 0 Å². The Balaban J connectivity index is 1.60. The molecule has 0 unspecified atom stereocenters. The smallest absolute Gasteiger partial charge is 0.161 e. The van der Waals surface area contributed by atoms with Crippen molar-refractivity contribution < 1.29 is 43.0 Å². The minimum atomic E-state index is -0.683. The summed E-state index contributed by atoms with van der Waals surface area (Å²) >= 11 is 0. The Labute approximate surface area is 185 Å². The molecule has 3 aliphatic heterocycles. The van der Waals surface area contributed by atoms with Crippen LogP contribution in [0, 0.1) is 0 Å². The Kier molecular flexibility index (Phi) is 9.11. The second-order valence-electron chi connectivity index (χ2n) is 8.91. The lowest BCUT2D eigenvalue weighted by molar-refractivity contribution is -0.329. The summed E-state index contributed by atoms with van der Waals surface area (Å²) in [6, 6.07) is 0. The lowest BCUT2D eigenvalue weighted by Crippen LogP contribution is -2.56. The van der Waals surface area contributed by atoms with E-state index >= 15 is 0 Å². The third kappa shape index (κ3) is 5.96. The largest absolute Gasteiger partial charge is 0.388 e. The van der Waals surface area contributed by atoms with Crippen molar-refractivity contribution in [2.45, 2.75) is 121 Å². The van der Waals surface area contributed by atoms with Gasteiger partial charge in [0.05, 0.1) is 42.7 Å². The van der Waals surface area contributed by atoms with Crippen molar-refractivity contribution in [2.24, 2.45) is 0 Å². The van der Waals surface area contributed by atoms with E-state index in [0.717, 1.165) is 6.42 Å². The zero-order chi connectivity index (χ0) is 22.7. The van der Waals surface area contributed by atoms with Crippen molar-refractivity contribution in [3.05, 3.63) is 0 Å². The van der Waals surface area contributed by atoms with Gasteiger partial charge in [-0.15, -0.1) is 0 Å². The molecule has 0 amide bonds. The van der Waals surface area contributed by atoms with E-state index in [4.69, 9.17) is 37.9 Å². The second-order valence-corrected chi connectivity index (χ2v) is 8.91. The third-order valence-corrected chi connectivity index (χ3v) is 6.64. The molecule has 182 valence electrons. The maximum absolute atomic E-state index is 10.2. The van der Waals surface area contributed by atoms with Crippen LogP contribution < -0.4 is 0 Å². The van der Waals surface area contributed by atoms with Gasteiger partial charge in [-0.05, 0) is 27.7 Å². The van der Waals surface area contributed by atoms with Gasteiger partial charge in [0, 0.05) is 40.6 Å². The highest BCUT2D eigenvalue weighted by atomic mass is 16.7. The van der Waals surface area contributed by atoms with Crippen LogP contribution in [0.2, 0.25) is 0 Å². The Morgan fingerprint density at radius 3 is 1.61 bits per heavy atom. The number of aliphatic hydroxyl groups excluding tert-OH is 1. The molecule has 0 aliphatic carbocycles. The first-order chi connectivity index (χ1) is 14.8. The summed E-state index contributed by atoms with van der Waals surface area (Å²) in [5, 5.41) is 10.2. The van der Waals surface area contributed by atoms with E-state index in [-0.39, 0.29) is 54.9 Å². The van der Waals surface area contributed by atoms with Crippen LogP contribution in [0.3, 0.4) is 0 Å². The molecule has 3 aliphatic rings. The van der Waals surface area contributed by atoms with Crippen molar-refractivity contribution >= 4 is 0 Å². The molecule has 3 fully saturated rings. The predicted octanol–water partition coefficient (Wildman–Crippen LogP) is 1.63. The fourth-order valence-electron chi connectivity index (χ4n) is 4.89. The fourth-order valence-corrected chi connectivity index (χ4v) is 4.89. The summed E-state index contributed by atoms with van der Waals surface area (Å²) < 4.78 is 47.3. The lowest BCUT2D eigenvalue weighted by atomic mass is 9.98. The van der Waals surface area contributed by atoms with Crippen molar-refractivity contribution in [3.8, 4) is 0 Å². The number of hydrogen-bond acceptors (Lipinski definition) is 9. The van der Waals surface area contributed by atoms with Gasteiger partial charge in [-0.2, -0.15) is 0 Å². The minimum absolute atomic E-state index is 0.0536. The lowest BCUT2D eigenvalue weighted by Gasteiger charge is -2.45. The number of methoxy groups -OCH3 is 3. The first-order valence-electron chi connectivity index (χ1n) is 11.3. The second kappa shape index (κ2) is 11.2. The van der Waals surface area contributed by atoms with Crippen LogP contribution in [0.4, 0.5) is 0 Å². The van der Waals surface area contributed by atoms with Gasteiger partial charge in [-0.3, -0.25) is 0 Å². The normalized spacial score (nSPS) is 49.2. The first-order valence-corrected chi connectivity index (χ1v) is 11.3. The van der Waals surface area contributed by atoms with Crippen LogP contribution in [0.5, 0.6) is 0 Å². The quantitative estimate of drug-likeness (QED) is 0.624. The average molecular weight is 449 g/mol. The predicted molar refractivity (Wildman–Crippen MR) is 111 cm³/mol. The standard InChI is InChI=1S/C22H40O9/c1-11-8-16(25-6)21(13(3)27-11)31-19-10-17(26-7)22(14(4)29-19)30-18-9-15(24-5)20(23)12(2)28-18/h11-23H,8-10H2,1-7H3/t11-,12-,13-,14+,15+,16-,17-,18-,19-,20-,21+,22+/m0/s1. The van der Waals surface area contributed by atoms with E-state index in [1.165, 1.54) is 0 Å². The maximum Gasteiger partial charge on any atom is 0.161 e. The van der Waals surface area contributed by atoms with Crippen molar-refractivity contribution in [1.82, 2.24) is 0 Å². The molecule has 0 saturated carbocycles. The molecule has 3 rings (SSSR count). The zero-order valence-electron chi connectivity index (χ0n) is 19.8. The van der Waals surface area contributed by atoms with E-state index in [1.54, 1.807) is 21.3 Å². The van der Waals surface area contributed by atoms with Gasteiger partial charge in [0.25, 0.3) is 0 Å². The van der Waals surface area contributed by atoms with E-state index < -0.39 is 18.7 Å². The van der Waals surface area contributed by atoms with E-state index in [9.17, 15) is 5.11 Å². The molecule has 0 aromatic heterocycles. The SMILES string of the molecule is CO[C@H]1C[C@H](C)O[C@@H](C)[C@H]1O[C@H]1C[C@H](OC)[C@H](O[C@H]2C[C@@H](OC)[C@@H](O)[C@H](C)O2)[C@@H](C)O1. The zero-order valence-corrected chi connectivity index (χ0v) is 19.8. The molecule has 0 aromatic carbocycles. The van der Waals surface area contributed by atoms with Crippen molar-refractivity contribution in [2.75, 3.05) is 21.3 Å². The molecule has 0 aromatic rings. The van der Waals surface area contributed by atoms with Gasteiger partial charge >= 0.3 is 0 Å². The number of rotatable bonds is 7. The number of ether oxygens (including phenoxy) is 8. The highest BCUT2D eigenvalue weighted by Crippen LogP contribution is 2.33. The average Bonchev–Trinajstić information content (AvgIpc) is 2.73. The van der Waals surface area contributed by atoms with Gasteiger partial charge in [0.1, 0.15) is 18.3 Å². The highest BCUT2D eigenvalue weighted by molar-refractivity contribution is 4.89. The fraction of sp³-hybridized carbons (Fsp3) is 1.00. The monoisotopic (exact) mass is 448 g/mol. The molecule has 3 heterocycles. The Bertz CT molecular complexity index is 549. The maximum atomic E-state index is 10.2. The molecular formula is C22H40O9. The van der Waals surface area contributed by atoms with Gasteiger partial charge in [-0.25, -0.2) is 0 Å². The minimum Gasteiger partial charge on any atom is -0.388 e. The van der Waals surface area contributed by atoms with Crippen LogP contribution >= 0.6 is 0 Å². The number of aliphatic hydroxyl groups is 1. The van der Waals surface area contributed by atoms with Crippen LogP contribution in [0.15, 0.2) is 0 Å². The van der Waals surface area contributed by atoms with Gasteiger partial charge in [0.15, 0.2) is 12.6 Å². The molecule has 31 heavy (non-hydrogen) atoms. The summed E-state index contributed by atoms with van der Waals surface area (Å²) in [6.07, 6.45) is -1.76.